The number of hydrogen-bond acceptors (Lipinski definition) is 2. The molecule has 2 nitrogen and oxygen atoms in total. The van der Waals surface area contributed by atoms with Gasteiger partial charge in [0.25, 0.3) is 0 Å². The first kappa shape index (κ1) is 8.34. The minimum absolute atomic E-state index is 0.485. The summed E-state index contributed by atoms with van der Waals surface area (Å²) in [5, 5.41) is 0. The Hall–Kier alpha value is -0.660. The second-order valence-corrected chi connectivity index (χ2v) is 2.19. The lowest BCUT2D eigenvalue weighted by Crippen LogP contribution is -2.08. The van der Waals surface area contributed by atoms with Gasteiger partial charge in [0.1, 0.15) is 0 Å². The van der Waals surface area contributed by atoms with E-state index in [-0.39, 0.29) is 0 Å². The average molecular weight is 126 g/mol. The average Bonchev–Trinajstić information content (AvgIpc) is 1.82. The van der Waals surface area contributed by atoms with Crippen LogP contribution in [0.5, 0.6) is 0 Å². The zero-order chi connectivity index (χ0) is 7.28. The van der Waals surface area contributed by atoms with Gasteiger partial charge in [0.2, 0.25) is 0 Å². The molecule has 0 saturated carbocycles. The van der Waals surface area contributed by atoms with Gasteiger partial charge in [0, 0.05) is 20.3 Å². The smallest absolute Gasteiger partial charge is 0.0548 e. The van der Waals surface area contributed by atoms with Gasteiger partial charge in [0.05, 0.1) is 5.71 Å². The monoisotopic (exact) mass is 126 g/mol. The molecule has 0 spiro atoms. The third-order valence-corrected chi connectivity index (χ3v) is 1.11. The molecule has 0 aromatic heterocycles. The highest BCUT2D eigenvalue weighted by atomic mass is 14.7. The molecule has 0 bridgehead atoms. The summed E-state index contributed by atoms with van der Waals surface area (Å²) >= 11 is 0. The van der Waals surface area contributed by atoms with Crippen molar-refractivity contribution in [2.45, 2.75) is 13.8 Å². The minimum Gasteiger partial charge on any atom is -0.295 e. The highest BCUT2D eigenvalue weighted by molar-refractivity contribution is 6.31. The fraction of sp³-hybridized carbons (Fsp3) is 0.714. The van der Waals surface area contributed by atoms with Gasteiger partial charge in [0.15, 0.2) is 0 Å². The highest BCUT2D eigenvalue weighted by Gasteiger charge is 1.97. The number of aliphatic imine (C=N–C) groups is 2. The molecule has 0 aromatic carbocycles. The van der Waals surface area contributed by atoms with E-state index in [1.807, 2.05) is 0 Å². The molecule has 0 amide bonds. The third kappa shape index (κ3) is 3.01. The lowest BCUT2D eigenvalue weighted by atomic mass is 10.1. The predicted octanol–water partition coefficient (Wildman–Crippen LogP) is 1.41. The van der Waals surface area contributed by atoms with Crippen molar-refractivity contribution < 1.29 is 0 Å². The number of nitrogens with zero attached hydrogens (tertiary/aromatic N) is 2. The van der Waals surface area contributed by atoms with E-state index in [9.17, 15) is 0 Å². The Bertz CT molecular complexity index is 123. The topological polar surface area (TPSA) is 24.7 Å². The Balaban J connectivity index is 4.01. The van der Waals surface area contributed by atoms with Gasteiger partial charge >= 0.3 is 0 Å². The second-order valence-electron chi connectivity index (χ2n) is 2.19. The number of rotatable bonds is 2. The van der Waals surface area contributed by atoms with Crippen molar-refractivity contribution in [1.29, 1.82) is 0 Å². The van der Waals surface area contributed by atoms with E-state index in [0.717, 1.165) is 5.71 Å². The van der Waals surface area contributed by atoms with Gasteiger partial charge in [-0.05, 0) is 5.92 Å². The quantitative estimate of drug-likeness (QED) is 0.500. The zero-order valence-corrected chi connectivity index (χ0v) is 6.55. The first-order chi connectivity index (χ1) is 4.22. The van der Waals surface area contributed by atoms with E-state index < -0.39 is 0 Å². The molecule has 52 valence electrons. The molecule has 0 atom stereocenters. The van der Waals surface area contributed by atoms with Gasteiger partial charge in [-0.15, -0.1) is 0 Å². The zero-order valence-electron chi connectivity index (χ0n) is 6.55. The van der Waals surface area contributed by atoms with Crippen LogP contribution in [0.4, 0.5) is 0 Å². The number of hydrogen-bond donors (Lipinski definition) is 0. The van der Waals surface area contributed by atoms with E-state index in [1.165, 1.54) is 0 Å². The Morgan fingerprint density at radius 2 is 1.89 bits per heavy atom. The standard InChI is InChI=1S/C7H14N2/c1-6(2)7(9-4)5-8-3/h5-6H,1-4H3. The second kappa shape index (κ2) is 4.24. The molecule has 0 unspecified atom stereocenters. The van der Waals surface area contributed by atoms with Gasteiger partial charge in [-0.3, -0.25) is 9.98 Å². The molecular weight excluding hydrogens is 112 g/mol. The van der Waals surface area contributed by atoms with Crippen molar-refractivity contribution in [3.05, 3.63) is 0 Å². The fourth-order valence-corrected chi connectivity index (χ4v) is 0.597. The summed E-state index contributed by atoms with van der Waals surface area (Å²) in [4.78, 5) is 7.92. The Kier molecular flexibility index (Phi) is 3.93. The van der Waals surface area contributed by atoms with Crippen molar-refractivity contribution in [3.63, 3.8) is 0 Å². The Morgan fingerprint density at radius 1 is 1.33 bits per heavy atom. The summed E-state index contributed by atoms with van der Waals surface area (Å²) in [6, 6.07) is 0. The van der Waals surface area contributed by atoms with Gasteiger partial charge < -0.3 is 0 Å². The summed E-state index contributed by atoms with van der Waals surface area (Å²) in [5.41, 5.74) is 1.05. The van der Waals surface area contributed by atoms with Crippen molar-refractivity contribution in [1.82, 2.24) is 0 Å². The van der Waals surface area contributed by atoms with Crippen LogP contribution in [0, 0.1) is 5.92 Å². The van der Waals surface area contributed by atoms with Crippen molar-refractivity contribution >= 4 is 11.9 Å². The predicted molar refractivity (Wildman–Crippen MR) is 42.6 cm³/mol. The third-order valence-electron chi connectivity index (χ3n) is 1.11. The summed E-state index contributed by atoms with van der Waals surface area (Å²) in [5.74, 6) is 0.485. The van der Waals surface area contributed by atoms with Gasteiger partial charge in [-0.1, -0.05) is 13.8 Å². The van der Waals surface area contributed by atoms with Crippen LogP contribution >= 0.6 is 0 Å². The molecule has 0 aliphatic rings. The van der Waals surface area contributed by atoms with E-state index in [0.29, 0.717) is 5.92 Å². The highest BCUT2D eigenvalue weighted by Crippen LogP contribution is 1.93. The van der Waals surface area contributed by atoms with Crippen molar-refractivity contribution in [2.75, 3.05) is 14.1 Å². The summed E-state index contributed by atoms with van der Waals surface area (Å²) < 4.78 is 0. The maximum absolute atomic E-state index is 4.04. The van der Waals surface area contributed by atoms with Crippen LogP contribution in [-0.2, 0) is 0 Å². The van der Waals surface area contributed by atoms with Crippen LogP contribution in [0.3, 0.4) is 0 Å². The van der Waals surface area contributed by atoms with Crippen LogP contribution in [0.25, 0.3) is 0 Å². The maximum Gasteiger partial charge on any atom is 0.0548 e. The molecule has 0 rings (SSSR count). The Labute approximate surface area is 56.7 Å². The minimum atomic E-state index is 0.485. The largest absolute Gasteiger partial charge is 0.295 e. The molecule has 9 heavy (non-hydrogen) atoms. The van der Waals surface area contributed by atoms with E-state index >= 15 is 0 Å². The molecule has 0 radical (unpaired) electrons. The lowest BCUT2D eigenvalue weighted by molar-refractivity contribution is 0.893. The molecule has 0 aliphatic carbocycles. The van der Waals surface area contributed by atoms with Crippen LogP contribution in [-0.4, -0.2) is 26.0 Å². The van der Waals surface area contributed by atoms with E-state index in [1.54, 1.807) is 20.3 Å². The molecule has 0 aliphatic heterocycles. The molecule has 2 heteroatoms. The van der Waals surface area contributed by atoms with Crippen molar-refractivity contribution in [3.8, 4) is 0 Å². The van der Waals surface area contributed by atoms with E-state index in [4.69, 9.17) is 0 Å². The maximum atomic E-state index is 4.04. The summed E-state index contributed by atoms with van der Waals surface area (Å²) in [6.45, 7) is 4.20. The first-order valence-corrected chi connectivity index (χ1v) is 3.11. The SMILES string of the molecule is CN=CC(=NC)C(C)C. The summed E-state index contributed by atoms with van der Waals surface area (Å²) in [7, 11) is 3.55. The fourth-order valence-electron chi connectivity index (χ4n) is 0.597. The molecule has 0 aromatic rings. The van der Waals surface area contributed by atoms with Crippen molar-refractivity contribution in [2.24, 2.45) is 15.9 Å². The molecule has 0 heterocycles. The molecule has 0 saturated heterocycles. The first-order valence-electron chi connectivity index (χ1n) is 3.11. The molecular formula is C7H14N2. The van der Waals surface area contributed by atoms with Crippen LogP contribution < -0.4 is 0 Å². The van der Waals surface area contributed by atoms with E-state index in [2.05, 4.69) is 23.8 Å². The van der Waals surface area contributed by atoms with Crippen LogP contribution in [0.15, 0.2) is 9.98 Å². The van der Waals surface area contributed by atoms with Crippen LogP contribution in [0.1, 0.15) is 13.8 Å². The van der Waals surface area contributed by atoms with Gasteiger partial charge in [-0.2, -0.15) is 0 Å². The molecule has 0 N–H and O–H groups in total. The lowest BCUT2D eigenvalue weighted by Gasteiger charge is -2.00. The normalized spacial score (nSPS) is 13.7. The Morgan fingerprint density at radius 3 is 2.00 bits per heavy atom. The van der Waals surface area contributed by atoms with Crippen LogP contribution in [0.2, 0.25) is 0 Å². The molecule has 0 fully saturated rings. The van der Waals surface area contributed by atoms with Gasteiger partial charge in [-0.25, -0.2) is 0 Å². The summed E-state index contributed by atoms with van der Waals surface area (Å²) in [6.07, 6.45) is 1.80.